The van der Waals surface area contributed by atoms with Crippen LogP contribution in [-0.2, 0) is 6.42 Å². The molecule has 1 heterocycles. The Bertz CT molecular complexity index is 887. The second-order valence-corrected chi connectivity index (χ2v) is 5.74. The van der Waals surface area contributed by atoms with E-state index in [1.165, 1.54) is 18.2 Å². The molecule has 0 aliphatic carbocycles. The third-order valence-corrected chi connectivity index (χ3v) is 3.73. The summed E-state index contributed by atoms with van der Waals surface area (Å²) in [7, 11) is 0. The molecule has 6 heteroatoms. The van der Waals surface area contributed by atoms with Crippen molar-refractivity contribution in [1.82, 2.24) is 10.3 Å². The monoisotopic (exact) mass is 332 g/mol. The molecule has 2 N–H and O–H groups in total. The first-order valence-electron chi connectivity index (χ1n) is 7.45. The zero-order chi connectivity index (χ0) is 17.3. The standard InChI is InChI=1S/C18H15F3N2O/c1-10(6-11-2-4-12(19)5-3-11)22-18(24)17-9-14-15(21)7-13(20)8-16(14)23-17/h2-5,7-10,23H,6H2,1H3,(H,22,24). The predicted molar refractivity (Wildman–Crippen MR) is 85.2 cm³/mol. The van der Waals surface area contributed by atoms with Crippen LogP contribution in [0.25, 0.3) is 10.9 Å². The van der Waals surface area contributed by atoms with Crippen molar-refractivity contribution in [2.24, 2.45) is 0 Å². The number of aromatic nitrogens is 1. The van der Waals surface area contributed by atoms with Gasteiger partial charge in [-0.25, -0.2) is 13.2 Å². The Morgan fingerprint density at radius 1 is 1.08 bits per heavy atom. The number of amides is 1. The highest BCUT2D eigenvalue weighted by Gasteiger charge is 2.15. The molecule has 0 bridgehead atoms. The van der Waals surface area contributed by atoms with Crippen LogP contribution in [-0.4, -0.2) is 16.9 Å². The lowest BCUT2D eigenvalue weighted by molar-refractivity contribution is 0.0936. The van der Waals surface area contributed by atoms with Crippen LogP contribution in [0.2, 0.25) is 0 Å². The van der Waals surface area contributed by atoms with Crippen LogP contribution < -0.4 is 5.32 Å². The van der Waals surface area contributed by atoms with Crippen molar-refractivity contribution < 1.29 is 18.0 Å². The number of fused-ring (bicyclic) bond motifs is 1. The molecule has 1 amide bonds. The number of carbonyl (C=O) groups is 1. The number of halogens is 3. The van der Waals surface area contributed by atoms with E-state index in [4.69, 9.17) is 0 Å². The van der Waals surface area contributed by atoms with E-state index in [0.717, 1.165) is 17.7 Å². The molecule has 0 radical (unpaired) electrons. The van der Waals surface area contributed by atoms with Gasteiger partial charge in [0.05, 0.1) is 5.52 Å². The molecule has 0 saturated carbocycles. The zero-order valence-corrected chi connectivity index (χ0v) is 12.9. The summed E-state index contributed by atoms with van der Waals surface area (Å²) in [5, 5.41) is 2.93. The molecule has 1 unspecified atom stereocenters. The largest absolute Gasteiger partial charge is 0.350 e. The summed E-state index contributed by atoms with van der Waals surface area (Å²) in [6.45, 7) is 1.81. The molecule has 1 atom stereocenters. The normalized spacial score (nSPS) is 12.3. The van der Waals surface area contributed by atoms with Gasteiger partial charge in [-0.1, -0.05) is 12.1 Å². The number of hydrogen-bond donors (Lipinski definition) is 2. The lowest BCUT2D eigenvalue weighted by Gasteiger charge is -2.13. The topological polar surface area (TPSA) is 44.9 Å². The predicted octanol–water partition coefficient (Wildman–Crippen LogP) is 3.95. The number of aromatic amines is 1. The van der Waals surface area contributed by atoms with E-state index in [-0.39, 0.29) is 28.5 Å². The molecule has 3 aromatic rings. The fourth-order valence-electron chi connectivity index (χ4n) is 2.61. The quantitative estimate of drug-likeness (QED) is 0.747. The van der Waals surface area contributed by atoms with Crippen LogP contribution in [0.1, 0.15) is 23.0 Å². The minimum absolute atomic E-state index is 0.153. The van der Waals surface area contributed by atoms with E-state index in [2.05, 4.69) is 10.3 Å². The Morgan fingerprint density at radius 2 is 1.79 bits per heavy atom. The Kier molecular flexibility index (Phi) is 4.29. The summed E-state index contributed by atoms with van der Waals surface area (Å²) >= 11 is 0. The van der Waals surface area contributed by atoms with Gasteiger partial charge in [0.1, 0.15) is 23.1 Å². The molecule has 0 spiro atoms. The van der Waals surface area contributed by atoms with E-state index in [1.54, 1.807) is 12.1 Å². The fourth-order valence-corrected chi connectivity index (χ4v) is 2.61. The van der Waals surface area contributed by atoms with Gasteiger partial charge in [0.2, 0.25) is 0 Å². The number of rotatable bonds is 4. The van der Waals surface area contributed by atoms with Gasteiger partial charge in [-0.15, -0.1) is 0 Å². The highest BCUT2D eigenvalue weighted by molar-refractivity contribution is 5.98. The molecule has 1 aromatic heterocycles. The SMILES string of the molecule is CC(Cc1ccc(F)cc1)NC(=O)c1cc2c(F)cc(F)cc2[nH]1. The van der Waals surface area contributed by atoms with Gasteiger partial charge in [0.25, 0.3) is 5.91 Å². The highest BCUT2D eigenvalue weighted by Crippen LogP contribution is 2.20. The molecule has 124 valence electrons. The van der Waals surface area contributed by atoms with E-state index < -0.39 is 17.5 Å². The average Bonchev–Trinajstić information content (AvgIpc) is 2.94. The van der Waals surface area contributed by atoms with Crippen molar-refractivity contribution in [3.8, 4) is 0 Å². The summed E-state index contributed by atoms with van der Waals surface area (Å²) in [5.74, 6) is -2.17. The van der Waals surface area contributed by atoms with Crippen molar-refractivity contribution in [3.05, 3.63) is 71.2 Å². The summed E-state index contributed by atoms with van der Waals surface area (Å²) in [6.07, 6.45) is 0.523. The summed E-state index contributed by atoms with van der Waals surface area (Å²) in [5.41, 5.74) is 1.26. The fraction of sp³-hybridized carbons (Fsp3) is 0.167. The zero-order valence-electron chi connectivity index (χ0n) is 12.9. The van der Waals surface area contributed by atoms with Crippen LogP contribution >= 0.6 is 0 Å². The van der Waals surface area contributed by atoms with Crippen molar-refractivity contribution in [1.29, 1.82) is 0 Å². The maximum absolute atomic E-state index is 13.7. The summed E-state index contributed by atoms with van der Waals surface area (Å²) < 4.78 is 39.8. The third kappa shape index (κ3) is 3.42. The Labute approximate surface area is 136 Å². The van der Waals surface area contributed by atoms with Gasteiger partial charge >= 0.3 is 0 Å². The molecule has 0 aliphatic rings. The number of nitrogens with one attached hydrogen (secondary N) is 2. The number of carbonyl (C=O) groups excluding carboxylic acids is 1. The van der Waals surface area contributed by atoms with Crippen molar-refractivity contribution in [2.75, 3.05) is 0 Å². The van der Waals surface area contributed by atoms with E-state index >= 15 is 0 Å². The van der Waals surface area contributed by atoms with Crippen molar-refractivity contribution >= 4 is 16.8 Å². The van der Waals surface area contributed by atoms with Gasteiger partial charge in [-0.3, -0.25) is 4.79 Å². The number of H-pyrrole nitrogens is 1. The molecule has 3 rings (SSSR count). The van der Waals surface area contributed by atoms with Gasteiger partial charge in [0, 0.05) is 17.5 Å². The second kappa shape index (κ2) is 6.39. The molecular formula is C18H15F3N2O. The van der Waals surface area contributed by atoms with Crippen molar-refractivity contribution in [2.45, 2.75) is 19.4 Å². The number of benzene rings is 2. The lowest BCUT2D eigenvalue weighted by atomic mass is 10.1. The lowest BCUT2D eigenvalue weighted by Crippen LogP contribution is -2.34. The smallest absolute Gasteiger partial charge is 0.267 e. The molecule has 2 aromatic carbocycles. The maximum Gasteiger partial charge on any atom is 0.267 e. The molecule has 0 fully saturated rings. The van der Waals surface area contributed by atoms with E-state index in [1.807, 2.05) is 6.92 Å². The third-order valence-electron chi connectivity index (χ3n) is 3.73. The second-order valence-electron chi connectivity index (χ2n) is 5.74. The molecule has 24 heavy (non-hydrogen) atoms. The first-order chi connectivity index (χ1) is 11.4. The van der Waals surface area contributed by atoms with Crippen LogP contribution in [0.5, 0.6) is 0 Å². The minimum atomic E-state index is -0.723. The summed E-state index contributed by atoms with van der Waals surface area (Å²) in [4.78, 5) is 15.0. The van der Waals surface area contributed by atoms with Gasteiger partial charge < -0.3 is 10.3 Å². The Balaban J connectivity index is 1.72. The average molecular weight is 332 g/mol. The first-order valence-corrected chi connectivity index (χ1v) is 7.45. The van der Waals surface area contributed by atoms with Gasteiger partial charge in [0.15, 0.2) is 0 Å². The van der Waals surface area contributed by atoms with Crippen LogP contribution in [0.3, 0.4) is 0 Å². The molecular weight excluding hydrogens is 317 g/mol. The van der Waals surface area contributed by atoms with Crippen LogP contribution in [0.4, 0.5) is 13.2 Å². The minimum Gasteiger partial charge on any atom is -0.350 e. The van der Waals surface area contributed by atoms with E-state index in [0.29, 0.717) is 6.42 Å². The Morgan fingerprint density at radius 3 is 2.50 bits per heavy atom. The molecule has 3 nitrogen and oxygen atoms in total. The van der Waals surface area contributed by atoms with Crippen LogP contribution in [0.15, 0.2) is 42.5 Å². The molecule has 0 aliphatic heterocycles. The Hall–Kier alpha value is -2.76. The first kappa shape index (κ1) is 16.1. The van der Waals surface area contributed by atoms with Crippen molar-refractivity contribution in [3.63, 3.8) is 0 Å². The van der Waals surface area contributed by atoms with Gasteiger partial charge in [-0.2, -0.15) is 0 Å². The van der Waals surface area contributed by atoms with E-state index in [9.17, 15) is 18.0 Å². The molecule has 0 saturated heterocycles. The van der Waals surface area contributed by atoms with Gasteiger partial charge in [-0.05, 0) is 43.2 Å². The highest BCUT2D eigenvalue weighted by atomic mass is 19.1. The van der Waals surface area contributed by atoms with Crippen LogP contribution in [0, 0.1) is 17.5 Å². The maximum atomic E-state index is 13.7. The summed E-state index contributed by atoms with van der Waals surface area (Å²) in [6, 6.07) is 9.07. The number of hydrogen-bond acceptors (Lipinski definition) is 1.